The van der Waals surface area contributed by atoms with Crippen molar-refractivity contribution in [2.24, 2.45) is 5.73 Å². The Morgan fingerprint density at radius 3 is 2.35 bits per heavy atom. The fourth-order valence-electron chi connectivity index (χ4n) is 3.38. The van der Waals surface area contributed by atoms with Crippen molar-refractivity contribution < 1.29 is 22.5 Å². The molecule has 0 spiro atoms. The maximum absolute atomic E-state index is 12.8. The number of hydrogen-bond donors (Lipinski definition) is 1. The number of nitrogens with two attached hydrogens (primary N) is 1. The van der Waals surface area contributed by atoms with E-state index in [-0.39, 0.29) is 18.7 Å². The predicted octanol–water partition coefficient (Wildman–Crippen LogP) is 4.57. The third-order valence-electron chi connectivity index (χ3n) is 5.62. The molecule has 1 amide bonds. The van der Waals surface area contributed by atoms with Gasteiger partial charge >= 0.3 is 0 Å². The number of anilines is 1. The molecule has 2 atom stereocenters. The summed E-state index contributed by atoms with van der Waals surface area (Å²) in [6.45, 7) is 1.20. The van der Waals surface area contributed by atoms with Crippen LogP contribution >= 0.6 is 46.4 Å². The summed E-state index contributed by atoms with van der Waals surface area (Å²) in [5, 5.41) is 3.70. The Morgan fingerprint density at radius 1 is 1.11 bits per heavy atom. The SMILES string of the molecule is CC(C(N)C(=O)CCN(C(=O)C(Cl)Cl)c1ccnc(-c2cc(-c3c(Cl)cccc3Cl)no2)c1)S(C)(=O)=O. The summed E-state index contributed by atoms with van der Waals surface area (Å²) in [6.07, 6.45) is 2.19. The predicted molar refractivity (Wildman–Crippen MR) is 145 cm³/mol. The molecule has 0 saturated carbocycles. The molecule has 37 heavy (non-hydrogen) atoms. The number of sulfone groups is 1. The van der Waals surface area contributed by atoms with Crippen molar-refractivity contribution in [1.29, 1.82) is 0 Å². The molecule has 0 radical (unpaired) electrons. The van der Waals surface area contributed by atoms with Gasteiger partial charge in [0.25, 0.3) is 5.91 Å². The van der Waals surface area contributed by atoms with Crippen LogP contribution in [0.5, 0.6) is 0 Å². The highest BCUT2D eigenvalue weighted by Gasteiger charge is 2.30. The number of amides is 1. The monoisotopic (exact) mass is 606 g/mol. The molecular weight excluding hydrogens is 586 g/mol. The van der Waals surface area contributed by atoms with E-state index in [0.29, 0.717) is 32.7 Å². The van der Waals surface area contributed by atoms with E-state index >= 15 is 0 Å². The Kier molecular flexibility index (Phi) is 9.60. The lowest BCUT2D eigenvalue weighted by molar-refractivity contribution is -0.120. The Hall–Kier alpha value is -2.21. The lowest BCUT2D eigenvalue weighted by Gasteiger charge is -2.24. The van der Waals surface area contributed by atoms with E-state index < -0.39 is 37.7 Å². The van der Waals surface area contributed by atoms with Crippen LogP contribution in [-0.2, 0) is 19.4 Å². The normalized spacial score (nSPS) is 13.4. The summed E-state index contributed by atoms with van der Waals surface area (Å²) < 4.78 is 29.0. The number of nitrogens with zero attached hydrogens (tertiary/aromatic N) is 3. The molecule has 0 aliphatic rings. The number of halogens is 4. The molecule has 3 aromatic rings. The fraction of sp³-hybridized carbons (Fsp3) is 0.304. The van der Waals surface area contributed by atoms with Crippen LogP contribution in [0.1, 0.15) is 13.3 Å². The number of pyridine rings is 1. The summed E-state index contributed by atoms with van der Waals surface area (Å²) in [5.74, 6) is -0.977. The minimum atomic E-state index is -3.54. The first kappa shape index (κ1) is 29.3. The number of hydrogen-bond acceptors (Lipinski definition) is 8. The van der Waals surface area contributed by atoms with Crippen LogP contribution in [0.3, 0.4) is 0 Å². The molecule has 1 aromatic carbocycles. The number of rotatable bonds is 10. The largest absolute Gasteiger partial charge is 0.354 e. The second-order valence-corrected chi connectivity index (χ2v) is 12.5. The van der Waals surface area contributed by atoms with Crippen LogP contribution in [0.15, 0.2) is 47.1 Å². The number of carbonyl (C=O) groups is 2. The van der Waals surface area contributed by atoms with Gasteiger partial charge < -0.3 is 15.2 Å². The Morgan fingerprint density at radius 2 is 1.76 bits per heavy atom. The summed E-state index contributed by atoms with van der Waals surface area (Å²) in [7, 11) is -3.54. The molecule has 2 aromatic heterocycles. The minimum absolute atomic E-state index is 0.155. The lowest BCUT2D eigenvalue weighted by atomic mass is 10.1. The van der Waals surface area contributed by atoms with Crippen molar-refractivity contribution >= 4 is 73.6 Å². The van der Waals surface area contributed by atoms with Crippen LogP contribution in [0.2, 0.25) is 10.0 Å². The molecule has 0 bridgehead atoms. The van der Waals surface area contributed by atoms with Gasteiger partial charge in [0.2, 0.25) is 0 Å². The van der Waals surface area contributed by atoms with Gasteiger partial charge in [-0.2, -0.15) is 0 Å². The molecule has 2 heterocycles. The van der Waals surface area contributed by atoms with E-state index in [2.05, 4.69) is 10.1 Å². The zero-order valence-electron chi connectivity index (χ0n) is 19.6. The highest BCUT2D eigenvalue weighted by atomic mass is 35.5. The second kappa shape index (κ2) is 12.1. The van der Waals surface area contributed by atoms with Crippen LogP contribution in [0.25, 0.3) is 22.7 Å². The van der Waals surface area contributed by atoms with Gasteiger partial charge in [-0.3, -0.25) is 14.6 Å². The Labute approximate surface area is 233 Å². The fourth-order valence-corrected chi connectivity index (χ4v) is 4.89. The van der Waals surface area contributed by atoms with Crippen LogP contribution in [-0.4, -0.2) is 59.2 Å². The molecular formula is C23H22Cl4N4O5S. The number of ketones is 1. The molecule has 3 rings (SSSR count). The Balaban J connectivity index is 1.88. The summed E-state index contributed by atoms with van der Waals surface area (Å²) in [6, 6.07) is 8.40. The Bertz CT molecular complexity index is 1390. The van der Waals surface area contributed by atoms with Crippen molar-refractivity contribution in [3.05, 3.63) is 52.6 Å². The number of aromatic nitrogens is 2. The average Bonchev–Trinajstić information content (AvgIpc) is 3.32. The zero-order chi connectivity index (χ0) is 27.5. The van der Waals surface area contributed by atoms with E-state index in [4.69, 9.17) is 56.7 Å². The van der Waals surface area contributed by atoms with E-state index in [1.54, 1.807) is 24.3 Å². The van der Waals surface area contributed by atoms with Gasteiger partial charge in [0.05, 0.1) is 21.3 Å². The molecule has 198 valence electrons. The van der Waals surface area contributed by atoms with Crippen LogP contribution in [0, 0.1) is 0 Å². The third kappa shape index (κ3) is 7.01. The van der Waals surface area contributed by atoms with Crippen molar-refractivity contribution in [1.82, 2.24) is 10.1 Å². The first-order chi connectivity index (χ1) is 17.3. The van der Waals surface area contributed by atoms with Crippen LogP contribution < -0.4 is 10.6 Å². The highest BCUT2D eigenvalue weighted by molar-refractivity contribution is 7.91. The first-order valence-corrected chi connectivity index (χ1v) is 14.3. The number of carbonyl (C=O) groups excluding carboxylic acids is 2. The maximum atomic E-state index is 12.8. The van der Waals surface area contributed by atoms with Gasteiger partial charge in [-0.05, 0) is 31.2 Å². The molecule has 0 aliphatic carbocycles. The van der Waals surface area contributed by atoms with Gasteiger partial charge in [0.1, 0.15) is 11.4 Å². The van der Waals surface area contributed by atoms with Crippen molar-refractivity contribution in [3.8, 4) is 22.7 Å². The van der Waals surface area contributed by atoms with Gasteiger partial charge in [0.15, 0.2) is 26.2 Å². The standard InChI is InChI=1S/C23H22Cl4N4O5S/c1-12(37(2,34)35)21(28)18(32)7-9-31(23(33)22(26)27)13-6-8-29-16(10-13)19-11-17(30-36-19)20-14(24)4-3-5-15(20)25/h3-6,8,10-12,21-22H,7,9,28H2,1-2H3. The quantitative estimate of drug-likeness (QED) is 0.331. The third-order valence-corrected chi connectivity index (χ3v) is 8.27. The van der Waals surface area contributed by atoms with Crippen molar-refractivity contribution in [3.63, 3.8) is 0 Å². The molecule has 14 heteroatoms. The smallest absolute Gasteiger partial charge is 0.260 e. The average molecular weight is 608 g/mol. The summed E-state index contributed by atoms with van der Waals surface area (Å²) in [4.78, 5) is 29.4. The van der Waals surface area contributed by atoms with E-state index in [0.717, 1.165) is 6.26 Å². The van der Waals surface area contributed by atoms with Gasteiger partial charge in [-0.25, -0.2) is 8.42 Å². The topological polar surface area (TPSA) is 136 Å². The maximum Gasteiger partial charge on any atom is 0.260 e. The number of benzene rings is 1. The summed E-state index contributed by atoms with van der Waals surface area (Å²) >= 11 is 24.2. The van der Waals surface area contributed by atoms with Gasteiger partial charge in [-0.1, -0.05) is 57.6 Å². The lowest BCUT2D eigenvalue weighted by Crippen LogP contribution is -2.46. The minimum Gasteiger partial charge on any atom is -0.354 e. The van der Waals surface area contributed by atoms with Crippen LogP contribution in [0.4, 0.5) is 5.69 Å². The van der Waals surface area contributed by atoms with E-state index in [9.17, 15) is 18.0 Å². The number of Topliss-reactive ketones (excluding diaryl/α,β-unsaturated/α-hetero) is 1. The molecule has 2 N–H and O–H groups in total. The summed E-state index contributed by atoms with van der Waals surface area (Å²) in [5.41, 5.74) is 7.34. The zero-order valence-corrected chi connectivity index (χ0v) is 23.4. The van der Waals surface area contributed by atoms with E-state index in [1.807, 2.05) is 0 Å². The number of alkyl halides is 2. The molecule has 2 unspecified atom stereocenters. The molecule has 0 fully saturated rings. The van der Waals surface area contributed by atoms with Gasteiger partial charge in [0, 0.05) is 42.7 Å². The molecule has 0 aliphatic heterocycles. The van der Waals surface area contributed by atoms with Crippen molar-refractivity contribution in [2.45, 2.75) is 29.5 Å². The van der Waals surface area contributed by atoms with Crippen molar-refractivity contribution in [2.75, 3.05) is 17.7 Å². The molecule has 0 saturated heterocycles. The first-order valence-electron chi connectivity index (χ1n) is 10.8. The second-order valence-electron chi connectivity index (χ2n) is 8.14. The highest BCUT2D eigenvalue weighted by Crippen LogP contribution is 2.36. The van der Waals surface area contributed by atoms with E-state index in [1.165, 1.54) is 30.2 Å². The van der Waals surface area contributed by atoms with Gasteiger partial charge in [-0.15, -0.1) is 0 Å². The molecule has 9 nitrogen and oxygen atoms in total.